The number of aliphatic hydroxyl groups excluding tert-OH is 3. The van der Waals surface area contributed by atoms with Gasteiger partial charge in [0.1, 0.15) is 6.61 Å². The van der Waals surface area contributed by atoms with Gasteiger partial charge < -0.3 is 34.6 Å². The normalized spacial score (nSPS) is 20.5. The zero-order chi connectivity index (χ0) is 37.7. The molecule has 0 radical (unpaired) electrons. The standard InChI is InChI=1S/C39H73O11P/c1-3-5-7-8-9-10-11-12-13-14-15-16-21-25-38(43)48-30-33(31-49-51(45,46)47)50-39(44)26-22-18-17-20-24-34-35(37(42)29-36(34)41)28-27-32(40)23-19-6-4-2/h27-28,32-37,40-42H,3-26,29-31H2,1-2H3,(H2,45,46,47)/b28-27+/t32-,33+,34+,35+,36-,37+/m0/s1. The molecular formula is C39H73O11P. The molecule has 0 heterocycles. The van der Waals surface area contributed by atoms with Crippen LogP contribution in [0.25, 0.3) is 0 Å². The minimum absolute atomic E-state index is 0.0887. The molecule has 0 amide bonds. The quantitative estimate of drug-likeness (QED) is 0.0189. The smallest absolute Gasteiger partial charge is 0.462 e. The van der Waals surface area contributed by atoms with Crippen molar-refractivity contribution >= 4 is 19.8 Å². The Hall–Kier alpha value is -1.33. The summed E-state index contributed by atoms with van der Waals surface area (Å²) in [7, 11) is -4.81. The minimum atomic E-state index is -4.81. The first-order chi connectivity index (χ1) is 24.5. The summed E-state index contributed by atoms with van der Waals surface area (Å²) in [6.07, 6.45) is 24.3. The summed E-state index contributed by atoms with van der Waals surface area (Å²) in [6, 6.07) is 0. The van der Waals surface area contributed by atoms with Gasteiger partial charge in [0.15, 0.2) is 6.10 Å². The lowest BCUT2D eigenvalue weighted by atomic mass is 9.88. The second-order valence-electron chi connectivity index (χ2n) is 14.6. The van der Waals surface area contributed by atoms with Crippen LogP contribution in [0.15, 0.2) is 12.2 Å². The van der Waals surface area contributed by atoms with Gasteiger partial charge in [-0.3, -0.25) is 14.1 Å². The lowest BCUT2D eigenvalue weighted by Gasteiger charge is -2.21. The SMILES string of the molecule is CCCCCCCCCCCCCCCC(=O)OC[C@H](COP(=O)(O)O)OC(=O)CCCCCC[C@@H]1[C@@H](/C=C/[C@@H](O)CCCCC)[C@H](O)C[C@@H]1O. The van der Waals surface area contributed by atoms with Crippen LogP contribution in [-0.2, 0) is 28.2 Å². The molecule has 0 bridgehead atoms. The van der Waals surface area contributed by atoms with Gasteiger partial charge in [0.2, 0.25) is 0 Å². The number of carbonyl (C=O) groups is 2. The Balaban J connectivity index is 2.29. The summed E-state index contributed by atoms with van der Waals surface area (Å²) in [4.78, 5) is 43.0. The summed E-state index contributed by atoms with van der Waals surface area (Å²) in [5.41, 5.74) is 0. The largest absolute Gasteiger partial charge is 0.469 e. The van der Waals surface area contributed by atoms with Crippen LogP contribution in [0.3, 0.4) is 0 Å². The van der Waals surface area contributed by atoms with Crippen LogP contribution in [0.2, 0.25) is 0 Å². The summed E-state index contributed by atoms with van der Waals surface area (Å²) in [5.74, 6) is -1.31. The van der Waals surface area contributed by atoms with E-state index in [1.807, 2.05) is 6.08 Å². The number of unbranched alkanes of at least 4 members (excludes halogenated alkanes) is 17. The maximum absolute atomic E-state index is 12.5. The average Bonchev–Trinajstić information content (AvgIpc) is 3.35. The third-order valence-corrected chi connectivity index (χ3v) is 10.4. The Kier molecular flexibility index (Phi) is 28.1. The highest BCUT2D eigenvalue weighted by Gasteiger charge is 2.39. The van der Waals surface area contributed by atoms with Crippen molar-refractivity contribution in [2.75, 3.05) is 13.2 Å². The fourth-order valence-corrected chi connectivity index (χ4v) is 7.18. The van der Waals surface area contributed by atoms with Crippen LogP contribution >= 0.6 is 7.82 Å². The molecule has 0 saturated heterocycles. The molecule has 0 spiro atoms. The van der Waals surface area contributed by atoms with E-state index in [1.165, 1.54) is 57.8 Å². The van der Waals surface area contributed by atoms with Gasteiger partial charge in [0.05, 0.1) is 24.9 Å². The van der Waals surface area contributed by atoms with Crippen molar-refractivity contribution in [3.8, 4) is 0 Å². The van der Waals surface area contributed by atoms with Crippen LogP contribution in [0.4, 0.5) is 0 Å². The predicted octanol–water partition coefficient (Wildman–Crippen LogP) is 8.23. The molecule has 1 rings (SSSR count). The van der Waals surface area contributed by atoms with Crippen molar-refractivity contribution < 1.29 is 53.3 Å². The maximum Gasteiger partial charge on any atom is 0.469 e. The highest BCUT2D eigenvalue weighted by molar-refractivity contribution is 7.46. The second kappa shape index (κ2) is 30.0. The van der Waals surface area contributed by atoms with Gasteiger partial charge in [0, 0.05) is 25.2 Å². The second-order valence-corrected chi connectivity index (χ2v) is 15.8. The van der Waals surface area contributed by atoms with Gasteiger partial charge in [-0.05, 0) is 31.6 Å². The van der Waals surface area contributed by atoms with E-state index in [0.29, 0.717) is 25.7 Å². The molecule has 5 N–H and O–H groups in total. The predicted molar refractivity (Wildman–Crippen MR) is 200 cm³/mol. The number of phosphoric acid groups is 1. The zero-order valence-corrected chi connectivity index (χ0v) is 32.7. The minimum Gasteiger partial charge on any atom is -0.462 e. The Morgan fingerprint density at radius 2 is 1.22 bits per heavy atom. The Morgan fingerprint density at radius 1 is 0.706 bits per heavy atom. The van der Waals surface area contributed by atoms with Crippen molar-refractivity contribution in [3.63, 3.8) is 0 Å². The van der Waals surface area contributed by atoms with Crippen LogP contribution < -0.4 is 0 Å². The Morgan fingerprint density at radius 3 is 1.78 bits per heavy atom. The fraction of sp³-hybridized carbons (Fsp3) is 0.897. The molecule has 51 heavy (non-hydrogen) atoms. The number of hydrogen-bond donors (Lipinski definition) is 5. The van der Waals surface area contributed by atoms with Crippen molar-refractivity contribution in [3.05, 3.63) is 12.2 Å². The monoisotopic (exact) mass is 748 g/mol. The molecule has 0 aromatic heterocycles. The van der Waals surface area contributed by atoms with Crippen molar-refractivity contribution in [1.82, 2.24) is 0 Å². The molecule has 300 valence electrons. The summed E-state index contributed by atoms with van der Waals surface area (Å²) >= 11 is 0. The van der Waals surface area contributed by atoms with E-state index in [0.717, 1.165) is 64.2 Å². The van der Waals surface area contributed by atoms with Crippen molar-refractivity contribution in [2.45, 2.75) is 199 Å². The van der Waals surface area contributed by atoms with E-state index < -0.39 is 50.8 Å². The number of rotatable bonds is 33. The molecule has 1 fully saturated rings. The zero-order valence-electron chi connectivity index (χ0n) is 31.8. The van der Waals surface area contributed by atoms with Crippen LogP contribution in [0.1, 0.15) is 174 Å². The molecule has 1 aliphatic rings. The Bertz CT molecular complexity index is 955. The van der Waals surface area contributed by atoms with Crippen LogP contribution in [-0.4, -0.2) is 74.7 Å². The molecule has 0 aromatic rings. The van der Waals surface area contributed by atoms with Gasteiger partial charge in [-0.2, -0.15) is 0 Å². The van der Waals surface area contributed by atoms with Crippen LogP contribution in [0, 0.1) is 11.8 Å². The number of hydrogen-bond acceptors (Lipinski definition) is 9. The lowest BCUT2D eigenvalue weighted by Crippen LogP contribution is -2.29. The number of esters is 2. The van der Waals surface area contributed by atoms with Crippen molar-refractivity contribution in [2.24, 2.45) is 11.8 Å². The van der Waals surface area contributed by atoms with Gasteiger partial charge >= 0.3 is 19.8 Å². The molecule has 0 aromatic carbocycles. The van der Waals surface area contributed by atoms with Gasteiger partial charge in [-0.1, -0.05) is 142 Å². The number of phosphoric ester groups is 1. The number of aliphatic hydroxyl groups is 3. The third-order valence-electron chi connectivity index (χ3n) is 9.88. The molecule has 0 aliphatic heterocycles. The highest BCUT2D eigenvalue weighted by atomic mass is 31.2. The molecule has 11 nitrogen and oxygen atoms in total. The summed E-state index contributed by atoms with van der Waals surface area (Å²) < 4.78 is 26.4. The maximum atomic E-state index is 12.5. The van der Waals surface area contributed by atoms with E-state index in [9.17, 15) is 29.5 Å². The molecule has 6 atom stereocenters. The van der Waals surface area contributed by atoms with E-state index in [4.69, 9.17) is 19.3 Å². The lowest BCUT2D eigenvalue weighted by molar-refractivity contribution is -0.161. The van der Waals surface area contributed by atoms with Gasteiger partial charge in [0.25, 0.3) is 0 Å². The Labute approximate surface area is 308 Å². The highest BCUT2D eigenvalue weighted by Crippen LogP contribution is 2.38. The van der Waals surface area contributed by atoms with E-state index >= 15 is 0 Å². The van der Waals surface area contributed by atoms with Crippen molar-refractivity contribution in [1.29, 1.82) is 0 Å². The molecule has 0 unspecified atom stereocenters. The van der Waals surface area contributed by atoms with E-state index in [2.05, 4.69) is 18.4 Å². The summed E-state index contributed by atoms with van der Waals surface area (Å²) in [5, 5.41) is 31.2. The van der Waals surface area contributed by atoms with Gasteiger partial charge in [-0.25, -0.2) is 4.57 Å². The molecule has 1 saturated carbocycles. The molecule has 12 heteroatoms. The first-order valence-electron chi connectivity index (χ1n) is 20.2. The number of carbonyl (C=O) groups excluding carboxylic acids is 2. The average molecular weight is 749 g/mol. The molecular weight excluding hydrogens is 675 g/mol. The number of ether oxygens (including phenoxy) is 2. The fourth-order valence-electron chi connectivity index (χ4n) is 6.82. The molecule has 1 aliphatic carbocycles. The van der Waals surface area contributed by atoms with Crippen LogP contribution in [0.5, 0.6) is 0 Å². The van der Waals surface area contributed by atoms with Gasteiger partial charge in [-0.15, -0.1) is 0 Å². The summed E-state index contributed by atoms with van der Waals surface area (Å²) in [6.45, 7) is 3.41. The first-order valence-corrected chi connectivity index (χ1v) is 21.8. The third kappa shape index (κ3) is 26.1. The topological polar surface area (TPSA) is 180 Å². The first kappa shape index (κ1) is 47.7. The van der Waals surface area contributed by atoms with E-state index in [1.54, 1.807) is 6.08 Å². The van der Waals surface area contributed by atoms with E-state index in [-0.39, 0.29) is 31.3 Å².